The summed E-state index contributed by atoms with van der Waals surface area (Å²) in [5.74, 6) is 0. The smallest absolute Gasteiger partial charge is 0.0453 e. The van der Waals surface area contributed by atoms with Crippen molar-refractivity contribution in [3.63, 3.8) is 0 Å². The second kappa shape index (κ2) is 3.81. The zero-order chi connectivity index (χ0) is 10.1. The van der Waals surface area contributed by atoms with Crippen LogP contribution in [0.4, 0.5) is 5.69 Å². The number of halogens is 1. The largest absolute Gasteiger partial charge is 0.398 e. The molecule has 1 aromatic rings. The van der Waals surface area contributed by atoms with Gasteiger partial charge < -0.3 is 5.73 Å². The van der Waals surface area contributed by atoms with Gasteiger partial charge in [-0.25, -0.2) is 0 Å². The van der Waals surface area contributed by atoms with Gasteiger partial charge in [-0.1, -0.05) is 32.4 Å². The molecule has 0 spiro atoms. The number of hydrogen-bond acceptors (Lipinski definition) is 2. The average Bonchev–Trinajstić information content (AvgIpc) is 1.94. The van der Waals surface area contributed by atoms with Crippen LogP contribution >= 0.6 is 23.4 Å². The van der Waals surface area contributed by atoms with Gasteiger partial charge in [0.15, 0.2) is 0 Å². The molecule has 0 radical (unpaired) electrons. The number of nitrogens with two attached hydrogens (primary N) is 1. The molecule has 0 bridgehead atoms. The second-order valence-electron chi connectivity index (χ2n) is 3.90. The molecule has 1 nitrogen and oxygen atoms in total. The molecule has 0 saturated carbocycles. The normalized spacial score (nSPS) is 11.7. The van der Waals surface area contributed by atoms with Crippen LogP contribution in [0.5, 0.6) is 0 Å². The van der Waals surface area contributed by atoms with E-state index in [4.69, 9.17) is 17.3 Å². The molecule has 0 saturated heterocycles. The van der Waals surface area contributed by atoms with Crippen LogP contribution in [-0.2, 0) is 0 Å². The van der Waals surface area contributed by atoms with Crippen molar-refractivity contribution in [3.05, 3.63) is 23.2 Å². The Kier molecular flexibility index (Phi) is 3.14. The molecule has 72 valence electrons. The van der Waals surface area contributed by atoms with Gasteiger partial charge in [-0.05, 0) is 18.2 Å². The molecule has 1 aromatic carbocycles. The fourth-order valence-corrected chi connectivity index (χ4v) is 2.19. The summed E-state index contributed by atoms with van der Waals surface area (Å²) in [7, 11) is 0. The Morgan fingerprint density at radius 3 is 2.46 bits per heavy atom. The summed E-state index contributed by atoms with van der Waals surface area (Å²) in [5, 5.41) is 0.737. The Morgan fingerprint density at radius 2 is 1.92 bits per heavy atom. The van der Waals surface area contributed by atoms with Crippen molar-refractivity contribution in [2.75, 3.05) is 5.73 Å². The lowest BCUT2D eigenvalue weighted by Crippen LogP contribution is -2.07. The van der Waals surface area contributed by atoms with E-state index in [0.717, 1.165) is 15.6 Å². The van der Waals surface area contributed by atoms with Crippen molar-refractivity contribution < 1.29 is 0 Å². The third kappa shape index (κ3) is 3.49. The molecule has 0 aliphatic rings. The van der Waals surface area contributed by atoms with Crippen LogP contribution < -0.4 is 5.73 Å². The molecule has 0 aliphatic carbocycles. The van der Waals surface area contributed by atoms with E-state index >= 15 is 0 Å². The lowest BCUT2D eigenvalue weighted by molar-refractivity contribution is 0.803. The summed E-state index contributed by atoms with van der Waals surface area (Å²) in [5.41, 5.74) is 6.61. The predicted molar refractivity (Wildman–Crippen MR) is 61.5 cm³/mol. The highest BCUT2D eigenvalue weighted by Crippen LogP contribution is 2.36. The number of hydrogen-bond donors (Lipinski definition) is 1. The van der Waals surface area contributed by atoms with Gasteiger partial charge in [0.2, 0.25) is 0 Å². The van der Waals surface area contributed by atoms with Gasteiger partial charge in [0.1, 0.15) is 0 Å². The molecule has 2 N–H and O–H groups in total. The molecule has 0 atom stereocenters. The van der Waals surface area contributed by atoms with Crippen LogP contribution in [0.15, 0.2) is 23.1 Å². The molecule has 13 heavy (non-hydrogen) atoms. The molecular weight excluding hydrogens is 202 g/mol. The van der Waals surface area contributed by atoms with Crippen molar-refractivity contribution >= 4 is 29.1 Å². The number of anilines is 1. The summed E-state index contributed by atoms with van der Waals surface area (Å²) < 4.78 is 0.165. The van der Waals surface area contributed by atoms with Crippen LogP contribution in [-0.4, -0.2) is 4.75 Å². The van der Waals surface area contributed by atoms with Gasteiger partial charge >= 0.3 is 0 Å². The average molecular weight is 216 g/mol. The van der Waals surface area contributed by atoms with Crippen molar-refractivity contribution in [2.45, 2.75) is 30.4 Å². The molecule has 0 fully saturated rings. The van der Waals surface area contributed by atoms with Crippen molar-refractivity contribution in [1.29, 1.82) is 0 Å². The van der Waals surface area contributed by atoms with Gasteiger partial charge in [0.05, 0.1) is 0 Å². The third-order valence-corrected chi connectivity index (χ3v) is 2.81. The lowest BCUT2D eigenvalue weighted by Gasteiger charge is -2.18. The lowest BCUT2D eigenvalue weighted by atomic mass is 10.3. The maximum atomic E-state index is 5.88. The van der Waals surface area contributed by atoms with E-state index in [0.29, 0.717) is 0 Å². The summed E-state index contributed by atoms with van der Waals surface area (Å²) in [6, 6.07) is 5.56. The number of rotatable bonds is 1. The van der Waals surface area contributed by atoms with Crippen molar-refractivity contribution in [1.82, 2.24) is 0 Å². The first-order chi connectivity index (χ1) is 5.88. The Bertz CT molecular complexity index is 304. The predicted octanol–water partition coefficient (Wildman–Crippen LogP) is 3.81. The first-order valence-electron chi connectivity index (χ1n) is 4.12. The molecule has 0 aromatic heterocycles. The van der Waals surface area contributed by atoms with Crippen molar-refractivity contribution in [2.24, 2.45) is 0 Å². The van der Waals surface area contributed by atoms with Crippen LogP contribution in [0.1, 0.15) is 20.8 Å². The fourth-order valence-electron chi connectivity index (χ4n) is 0.926. The highest BCUT2D eigenvalue weighted by molar-refractivity contribution is 8.00. The van der Waals surface area contributed by atoms with E-state index in [1.165, 1.54) is 0 Å². The molecular formula is C10H14ClNS. The maximum absolute atomic E-state index is 5.88. The van der Waals surface area contributed by atoms with E-state index in [-0.39, 0.29) is 4.75 Å². The first kappa shape index (κ1) is 10.7. The van der Waals surface area contributed by atoms with Gasteiger partial charge in [-0.3, -0.25) is 0 Å². The zero-order valence-corrected chi connectivity index (χ0v) is 9.67. The van der Waals surface area contributed by atoms with E-state index in [9.17, 15) is 0 Å². The van der Waals surface area contributed by atoms with Gasteiger partial charge in [0, 0.05) is 20.4 Å². The van der Waals surface area contributed by atoms with E-state index in [2.05, 4.69) is 20.8 Å². The summed E-state index contributed by atoms with van der Waals surface area (Å²) in [6.45, 7) is 6.45. The van der Waals surface area contributed by atoms with E-state index < -0.39 is 0 Å². The Hall–Kier alpha value is -0.340. The number of benzene rings is 1. The van der Waals surface area contributed by atoms with Crippen molar-refractivity contribution in [3.8, 4) is 0 Å². The Balaban J connectivity index is 2.94. The van der Waals surface area contributed by atoms with Gasteiger partial charge in [0.25, 0.3) is 0 Å². The second-order valence-corrected chi connectivity index (χ2v) is 6.20. The van der Waals surface area contributed by atoms with E-state index in [1.807, 2.05) is 18.2 Å². The minimum Gasteiger partial charge on any atom is -0.398 e. The summed E-state index contributed by atoms with van der Waals surface area (Å²) in [6.07, 6.45) is 0. The quantitative estimate of drug-likeness (QED) is 0.570. The van der Waals surface area contributed by atoms with Crippen LogP contribution in [0.2, 0.25) is 5.02 Å². The molecule has 0 heterocycles. The van der Waals surface area contributed by atoms with Crippen LogP contribution in [0, 0.1) is 0 Å². The summed E-state index contributed by atoms with van der Waals surface area (Å²) >= 11 is 7.61. The molecule has 0 unspecified atom stereocenters. The minimum atomic E-state index is 0.165. The van der Waals surface area contributed by atoms with Crippen LogP contribution in [0.25, 0.3) is 0 Å². The molecule has 0 aliphatic heterocycles. The molecule has 0 amide bonds. The Morgan fingerprint density at radius 1 is 1.31 bits per heavy atom. The van der Waals surface area contributed by atoms with Gasteiger partial charge in [-0.15, -0.1) is 11.8 Å². The Labute approximate surface area is 88.7 Å². The van der Waals surface area contributed by atoms with Gasteiger partial charge in [-0.2, -0.15) is 0 Å². The zero-order valence-electron chi connectivity index (χ0n) is 8.10. The third-order valence-electron chi connectivity index (χ3n) is 1.39. The first-order valence-corrected chi connectivity index (χ1v) is 5.32. The summed E-state index contributed by atoms with van der Waals surface area (Å²) in [4.78, 5) is 1.06. The fraction of sp³-hybridized carbons (Fsp3) is 0.400. The van der Waals surface area contributed by atoms with E-state index in [1.54, 1.807) is 11.8 Å². The highest BCUT2D eigenvalue weighted by Gasteiger charge is 2.13. The van der Waals surface area contributed by atoms with Crippen LogP contribution in [0.3, 0.4) is 0 Å². The molecule has 1 rings (SSSR count). The standard InChI is InChI=1S/C10H14ClNS/c1-10(2,3)13-9-6-7(11)4-5-8(9)12/h4-6H,12H2,1-3H3. The monoisotopic (exact) mass is 215 g/mol. The SMILES string of the molecule is CC(C)(C)Sc1cc(Cl)ccc1N. The number of thioether (sulfide) groups is 1. The maximum Gasteiger partial charge on any atom is 0.0453 e. The highest BCUT2D eigenvalue weighted by atomic mass is 35.5. The number of nitrogen functional groups attached to an aromatic ring is 1. The molecule has 3 heteroatoms. The topological polar surface area (TPSA) is 26.0 Å². The minimum absolute atomic E-state index is 0.165.